The van der Waals surface area contributed by atoms with Crippen molar-refractivity contribution >= 4 is 23.1 Å². The largest absolute Gasteiger partial charge is 0.398 e. The molecule has 4 rings (SSSR count). The molecular weight excluding hydrogens is 376 g/mol. The Hall–Kier alpha value is -3.48. The molecule has 7 nitrogen and oxygen atoms in total. The Morgan fingerprint density at radius 2 is 1.90 bits per heavy atom. The van der Waals surface area contributed by atoms with Gasteiger partial charge in [-0.25, -0.2) is 4.98 Å². The summed E-state index contributed by atoms with van der Waals surface area (Å²) < 4.78 is 0. The summed E-state index contributed by atoms with van der Waals surface area (Å²) in [5.41, 5.74) is 10.2. The summed E-state index contributed by atoms with van der Waals surface area (Å²) >= 11 is 0. The van der Waals surface area contributed by atoms with Crippen LogP contribution in [-0.2, 0) is 0 Å². The minimum Gasteiger partial charge on any atom is -0.398 e. The summed E-state index contributed by atoms with van der Waals surface area (Å²) in [5, 5.41) is 3.45. The second-order valence-corrected chi connectivity index (χ2v) is 7.84. The van der Waals surface area contributed by atoms with E-state index in [9.17, 15) is 4.79 Å². The number of carbonyl (C=O) groups is 1. The van der Waals surface area contributed by atoms with Crippen LogP contribution in [0.5, 0.6) is 0 Å². The number of para-hydroxylation sites is 1. The predicted molar refractivity (Wildman–Crippen MR) is 122 cm³/mol. The number of nitrogen functional groups attached to an aromatic ring is 1. The number of hydrogen-bond donors (Lipinski definition) is 3. The molecule has 0 radical (unpaired) electrons. The molecule has 1 aromatic carbocycles. The lowest BCUT2D eigenvalue weighted by Gasteiger charge is -2.36. The van der Waals surface area contributed by atoms with Crippen LogP contribution in [0.25, 0.3) is 11.3 Å². The number of nitrogens with two attached hydrogens (primary N) is 1. The van der Waals surface area contributed by atoms with Crippen LogP contribution in [-0.4, -0.2) is 53.0 Å². The van der Waals surface area contributed by atoms with Crippen LogP contribution in [0.2, 0.25) is 0 Å². The molecule has 156 valence electrons. The summed E-state index contributed by atoms with van der Waals surface area (Å²) in [5.74, 6) is 0.981. The molecule has 3 aromatic rings. The Balaban J connectivity index is 1.43. The van der Waals surface area contributed by atoms with Gasteiger partial charge in [0, 0.05) is 61.6 Å². The molecule has 0 saturated carbocycles. The highest BCUT2D eigenvalue weighted by molar-refractivity contribution is 5.96. The molecule has 1 aliphatic heterocycles. The topological polar surface area (TPSA) is 90.3 Å². The highest BCUT2D eigenvalue weighted by Crippen LogP contribution is 2.27. The standard InChI is InChI=1S/C23H28N6O/c1-16(2)27-20-8-5-9-25-22(20)28-10-12-29(13-11-28)23(30)17-14-21(26-15-17)18-6-3-4-7-19(18)24/h3-9,14-16,26-27H,10-13,24H2,1-2H3. The first-order valence-electron chi connectivity index (χ1n) is 10.3. The smallest absolute Gasteiger partial charge is 0.255 e. The zero-order valence-electron chi connectivity index (χ0n) is 17.4. The molecule has 0 bridgehead atoms. The number of amides is 1. The Labute approximate surface area is 176 Å². The van der Waals surface area contributed by atoms with Crippen molar-refractivity contribution in [3.8, 4) is 11.3 Å². The maximum atomic E-state index is 13.0. The first kappa shape index (κ1) is 19.8. The lowest BCUT2D eigenvalue weighted by Crippen LogP contribution is -2.49. The Bertz CT molecular complexity index is 1020. The fraction of sp³-hybridized carbons (Fsp3) is 0.304. The van der Waals surface area contributed by atoms with Gasteiger partial charge in [-0.15, -0.1) is 0 Å². The molecule has 4 N–H and O–H groups in total. The van der Waals surface area contributed by atoms with E-state index in [2.05, 4.69) is 40.1 Å². The molecule has 1 fully saturated rings. The van der Waals surface area contributed by atoms with E-state index in [4.69, 9.17) is 5.73 Å². The van der Waals surface area contributed by atoms with E-state index < -0.39 is 0 Å². The number of aromatic amines is 1. The van der Waals surface area contributed by atoms with E-state index in [1.165, 1.54) is 0 Å². The second-order valence-electron chi connectivity index (χ2n) is 7.84. The third kappa shape index (κ3) is 4.10. The van der Waals surface area contributed by atoms with Crippen molar-refractivity contribution < 1.29 is 4.79 Å². The first-order valence-corrected chi connectivity index (χ1v) is 10.3. The number of benzene rings is 1. The van der Waals surface area contributed by atoms with Crippen molar-refractivity contribution in [1.82, 2.24) is 14.9 Å². The van der Waals surface area contributed by atoms with Crippen LogP contribution < -0.4 is 16.0 Å². The number of H-pyrrole nitrogens is 1. The summed E-state index contributed by atoms with van der Waals surface area (Å²) in [6.45, 7) is 7.04. The van der Waals surface area contributed by atoms with Crippen LogP contribution >= 0.6 is 0 Å². The quantitative estimate of drug-likeness (QED) is 0.567. The molecule has 30 heavy (non-hydrogen) atoms. The fourth-order valence-electron chi connectivity index (χ4n) is 3.79. The van der Waals surface area contributed by atoms with Gasteiger partial charge in [0.25, 0.3) is 5.91 Å². The van der Waals surface area contributed by atoms with E-state index >= 15 is 0 Å². The summed E-state index contributed by atoms with van der Waals surface area (Å²) in [7, 11) is 0. The van der Waals surface area contributed by atoms with Crippen LogP contribution in [0, 0.1) is 0 Å². The van der Waals surface area contributed by atoms with Gasteiger partial charge in [0.1, 0.15) is 0 Å². The van der Waals surface area contributed by atoms with Crippen LogP contribution in [0.1, 0.15) is 24.2 Å². The van der Waals surface area contributed by atoms with Gasteiger partial charge in [-0.2, -0.15) is 0 Å². The predicted octanol–water partition coefficient (Wildman–Crippen LogP) is 3.44. The van der Waals surface area contributed by atoms with Crippen molar-refractivity contribution in [3.05, 3.63) is 60.4 Å². The summed E-state index contributed by atoms with van der Waals surface area (Å²) in [6.07, 6.45) is 3.58. The minimum atomic E-state index is 0.0354. The number of pyridine rings is 1. The average Bonchev–Trinajstić information content (AvgIpc) is 3.24. The van der Waals surface area contributed by atoms with E-state index in [0.29, 0.717) is 30.4 Å². The van der Waals surface area contributed by atoms with Gasteiger partial charge in [-0.3, -0.25) is 4.79 Å². The minimum absolute atomic E-state index is 0.0354. The molecule has 3 heterocycles. The molecule has 0 spiro atoms. The van der Waals surface area contributed by atoms with Crippen LogP contribution in [0.15, 0.2) is 54.9 Å². The number of aromatic nitrogens is 2. The van der Waals surface area contributed by atoms with Gasteiger partial charge in [-0.05, 0) is 38.1 Å². The molecule has 0 unspecified atom stereocenters. The van der Waals surface area contributed by atoms with Gasteiger partial charge >= 0.3 is 0 Å². The third-order valence-electron chi connectivity index (χ3n) is 5.28. The van der Waals surface area contributed by atoms with Gasteiger partial charge in [-0.1, -0.05) is 18.2 Å². The average molecular weight is 405 g/mol. The zero-order chi connectivity index (χ0) is 21.1. The van der Waals surface area contributed by atoms with Gasteiger partial charge < -0.3 is 25.8 Å². The highest BCUT2D eigenvalue weighted by Gasteiger charge is 2.25. The van der Waals surface area contributed by atoms with Crippen molar-refractivity contribution in [3.63, 3.8) is 0 Å². The SMILES string of the molecule is CC(C)Nc1cccnc1N1CCN(C(=O)c2c[nH]c(-c3ccccc3N)c2)CC1. The molecular formula is C23H28N6O. The monoisotopic (exact) mass is 404 g/mol. The summed E-state index contributed by atoms with van der Waals surface area (Å²) in [4.78, 5) is 24.9. The number of anilines is 3. The third-order valence-corrected chi connectivity index (χ3v) is 5.28. The molecule has 1 aliphatic rings. The molecule has 1 saturated heterocycles. The molecule has 7 heteroatoms. The highest BCUT2D eigenvalue weighted by atomic mass is 16.2. The van der Waals surface area contributed by atoms with Crippen LogP contribution in [0.3, 0.4) is 0 Å². The normalized spacial score (nSPS) is 14.2. The number of hydrogen-bond acceptors (Lipinski definition) is 5. The van der Waals surface area contributed by atoms with Gasteiger partial charge in [0.05, 0.1) is 11.3 Å². The van der Waals surface area contributed by atoms with Crippen molar-refractivity contribution in [1.29, 1.82) is 0 Å². The van der Waals surface area contributed by atoms with Crippen molar-refractivity contribution in [2.24, 2.45) is 0 Å². The Kier molecular flexibility index (Phi) is 5.61. The summed E-state index contributed by atoms with van der Waals surface area (Å²) in [6, 6.07) is 13.8. The second kappa shape index (κ2) is 8.49. The number of carbonyl (C=O) groups excluding carboxylic acids is 1. The van der Waals surface area contributed by atoms with Crippen LogP contribution in [0.4, 0.5) is 17.2 Å². The van der Waals surface area contributed by atoms with Crippen molar-refractivity contribution in [2.45, 2.75) is 19.9 Å². The van der Waals surface area contributed by atoms with Crippen molar-refractivity contribution in [2.75, 3.05) is 42.1 Å². The number of nitrogens with zero attached hydrogens (tertiary/aromatic N) is 3. The number of piperazine rings is 1. The molecule has 2 aromatic heterocycles. The fourth-order valence-corrected chi connectivity index (χ4v) is 3.79. The Morgan fingerprint density at radius 1 is 1.13 bits per heavy atom. The Morgan fingerprint density at radius 3 is 2.63 bits per heavy atom. The zero-order valence-corrected chi connectivity index (χ0v) is 17.4. The van der Waals surface area contributed by atoms with E-state index in [-0.39, 0.29) is 5.91 Å². The molecule has 0 atom stereocenters. The van der Waals surface area contributed by atoms with E-state index in [1.807, 2.05) is 47.5 Å². The van der Waals surface area contributed by atoms with E-state index in [0.717, 1.165) is 35.9 Å². The van der Waals surface area contributed by atoms with Gasteiger partial charge in [0.15, 0.2) is 5.82 Å². The lowest BCUT2D eigenvalue weighted by molar-refractivity contribution is 0.0747. The molecule has 0 aliphatic carbocycles. The first-order chi connectivity index (χ1) is 14.5. The lowest BCUT2D eigenvalue weighted by atomic mass is 10.1. The van der Waals surface area contributed by atoms with Gasteiger partial charge in [0.2, 0.25) is 0 Å². The maximum absolute atomic E-state index is 13.0. The number of rotatable bonds is 5. The van der Waals surface area contributed by atoms with E-state index in [1.54, 1.807) is 6.20 Å². The molecule has 1 amide bonds. The number of nitrogens with one attached hydrogen (secondary N) is 2. The maximum Gasteiger partial charge on any atom is 0.255 e.